The third-order valence-corrected chi connectivity index (χ3v) is 1.74. The molecule has 0 aromatic carbocycles. The highest BCUT2D eigenvalue weighted by Crippen LogP contribution is 1.95. The van der Waals surface area contributed by atoms with Crippen LogP contribution in [0.4, 0.5) is 10.7 Å². The normalized spacial score (nSPS) is 11.6. The second-order valence-electron chi connectivity index (χ2n) is 3.26. The van der Waals surface area contributed by atoms with Gasteiger partial charge in [-0.3, -0.25) is 10.1 Å². The van der Waals surface area contributed by atoms with E-state index < -0.39 is 30.4 Å². The van der Waals surface area contributed by atoms with Crippen molar-refractivity contribution in [1.29, 1.82) is 0 Å². The Morgan fingerprint density at radius 2 is 2.17 bits per heavy atom. The number of aryl methyl sites for hydroxylation is 1. The van der Waals surface area contributed by atoms with Crippen molar-refractivity contribution >= 4 is 23.9 Å². The Balaban J connectivity index is 2.56. The average Bonchev–Trinajstić information content (AvgIpc) is 2.62. The van der Waals surface area contributed by atoms with E-state index in [1.165, 1.54) is 7.05 Å². The van der Waals surface area contributed by atoms with Gasteiger partial charge >= 0.3 is 12.0 Å². The number of primary amides is 1. The van der Waals surface area contributed by atoms with Gasteiger partial charge in [0.2, 0.25) is 5.91 Å². The molecule has 0 spiro atoms. The van der Waals surface area contributed by atoms with Crippen LogP contribution in [-0.4, -0.2) is 49.3 Å². The van der Waals surface area contributed by atoms with Gasteiger partial charge < -0.3 is 16.2 Å². The number of hydrogen-bond donors (Lipinski definition) is 4. The number of rotatable bonds is 5. The minimum Gasteiger partial charge on any atom is -0.480 e. The van der Waals surface area contributed by atoms with E-state index in [1.54, 1.807) is 0 Å². The molecule has 98 valence electrons. The number of carboxylic acid groups (broad SMARTS) is 1. The van der Waals surface area contributed by atoms with Crippen molar-refractivity contribution in [2.45, 2.75) is 12.5 Å². The predicted molar refractivity (Wildman–Crippen MR) is 56.2 cm³/mol. The smallest absolute Gasteiger partial charge is 0.326 e. The standard InChI is InChI=1S/C7H11N7O4/c1-14-12-6(11-13-14)10-7(18)9-3(5(16)17)2-4(8)15/h3H,2H2,1H3,(H2,8,15)(H,16,17)(H2,9,10,12,18)/t3-/m0/s1. The summed E-state index contributed by atoms with van der Waals surface area (Å²) in [4.78, 5) is 33.8. The molecule has 1 aromatic heterocycles. The van der Waals surface area contributed by atoms with Gasteiger partial charge in [-0.05, 0) is 5.21 Å². The van der Waals surface area contributed by atoms with E-state index >= 15 is 0 Å². The number of carbonyl (C=O) groups excluding carboxylic acids is 2. The molecule has 1 rings (SSSR count). The lowest BCUT2D eigenvalue weighted by Crippen LogP contribution is -2.45. The van der Waals surface area contributed by atoms with Crippen LogP contribution >= 0.6 is 0 Å². The number of tetrazole rings is 1. The molecule has 0 saturated carbocycles. The molecule has 0 bridgehead atoms. The first-order valence-corrected chi connectivity index (χ1v) is 4.71. The van der Waals surface area contributed by atoms with E-state index in [2.05, 4.69) is 20.7 Å². The lowest BCUT2D eigenvalue weighted by molar-refractivity contribution is -0.140. The van der Waals surface area contributed by atoms with Crippen molar-refractivity contribution in [2.24, 2.45) is 12.8 Å². The van der Waals surface area contributed by atoms with Gasteiger partial charge in [-0.25, -0.2) is 9.59 Å². The molecule has 5 N–H and O–H groups in total. The van der Waals surface area contributed by atoms with Crippen LogP contribution in [0, 0.1) is 0 Å². The van der Waals surface area contributed by atoms with E-state index in [1.807, 2.05) is 5.32 Å². The summed E-state index contributed by atoms with van der Waals surface area (Å²) >= 11 is 0. The Morgan fingerprint density at radius 1 is 1.50 bits per heavy atom. The molecule has 0 aliphatic heterocycles. The van der Waals surface area contributed by atoms with E-state index in [-0.39, 0.29) is 5.95 Å². The molecule has 11 heteroatoms. The monoisotopic (exact) mass is 257 g/mol. The van der Waals surface area contributed by atoms with Crippen molar-refractivity contribution in [3.63, 3.8) is 0 Å². The molecule has 3 amide bonds. The van der Waals surface area contributed by atoms with Crippen molar-refractivity contribution in [1.82, 2.24) is 25.5 Å². The van der Waals surface area contributed by atoms with Gasteiger partial charge in [-0.2, -0.15) is 4.80 Å². The largest absolute Gasteiger partial charge is 0.480 e. The number of aromatic nitrogens is 4. The summed E-state index contributed by atoms with van der Waals surface area (Å²) in [5.74, 6) is -2.32. The second-order valence-corrected chi connectivity index (χ2v) is 3.26. The number of anilines is 1. The molecule has 18 heavy (non-hydrogen) atoms. The number of amides is 3. The molecule has 1 aromatic rings. The van der Waals surface area contributed by atoms with Crippen LogP contribution < -0.4 is 16.4 Å². The lowest BCUT2D eigenvalue weighted by Gasteiger charge is -2.11. The number of carbonyl (C=O) groups is 3. The predicted octanol–water partition coefficient (Wildman–Crippen LogP) is -2.34. The maximum Gasteiger partial charge on any atom is 0.326 e. The SMILES string of the molecule is Cn1nnc(NC(=O)N[C@@H](CC(N)=O)C(=O)O)n1. The quantitative estimate of drug-likeness (QED) is 0.458. The van der Waals surface area contributed by atoms with Crippen molar-refractivity contribution in [2.75, 3.05) is 5.32 Å². The lowest BCUT2D eigenvalue weighted by atomic mass is 10.2. The zero-order chi connectivity index (χ0) is 13.7. The minimum atomic E-state index is -1.42. The third kappa shape index (κ3) is 4.03. The zero-order valence-electron chi connectivity index (χ0n) is 9.32. The fraction of sp³-hybridized carbons (Fsp3) is 0.429. The van der Waals surface area contributed by atoms with Gasteiger partial charge in [0, 0.05) is 0 Å². The highest BCUT2D eigenvalue weighted by atomic mass is 16.4. The molecule has 0 unspecified atom stereocenters. The highest BCUT2D eigenvalue weighted by molar-refractivity contribution is 5.92. The minimum absolute atomic E-state index is 0.0989. The zero-order valence-corrected chi connectivity index (χ0v) is 9.32. The van der Waals surface area contributed by atoms with Crippen molar-refractivity contribution in [3.8, 4) is 0 Å². The molecule has 11 nitrogen and oxygen atoms in total. The van der Waals surface area contributed by atoms with E-state index in [0.717, 1.165) is 4.80 Å². The van der Waals surface area contributed by atoms with Gasteiger partial charge in [0.15, 0.2) is 0 Å². The topological polar surface area (TPSA) is 165 Å². The van der Waals surface area contributed by atoms with Crippen LogP contribution in [-0.2, 0) is 16.6 Å². The summed E-state index contributed by atoms with van der Waals surface area (Å²) in [5, 5.41) is 23.5. The van der Waals surface area contributed by atoms with Crippen LogP contribution in [0.2, 0.25) is 0 Å². The number of urea groups is 1. The van der Waals surface area contributed by atoms with Crippen LogP contribution in [0.25, 0.3) is 0 Å². The summed E-state index contributed by atoms with van der Waals surface area (Å²) in [6.07, 6.45) is -0.517. The first-order valence-electron chi connectivity index (χ1n) is 4.71. The molecule has 1 heterocycles. The van der Waals surface area contributed by atoms with Crippen molar-refractivity contribution < 1.29 is 19.5 Å². The average molecular weight is 257 g/mol. The highest BCUT2D eigenvalue weighted by Gasteiger charge is 2.22. The molecule has 0 fully saturated rings. The number of carboxylic acids is 1. The maximum absolute atomic E-state index is 11.4. The van der Waals surface area contributed by atoms with Crippen LogP contribution in [0.1, 0.15) is 6.42 Å². The van der Waals surface area contributed by atoms with E-state index in [4.69, 9.17) is 10.8 Å². The van der Waals surface area contributed by atoms with Crippen LogP contribution in [0.3, 0.4) is 0 Å². The summed E-state index contributed by atoms with van der Waals surface area (Å²) < 4.78 is 0. The number of hydrogen-bond acceptors (Lipinski definition) is 6. The van der Waals surface area contributed by atoms with Crippen LogP contribution in [0.15, 0.2) is 0 Å². The number of nitrogens with two attached hydrogens (primary N) is 1. The van der Waals surface area contributed by atoms with Crippen LogP contribution in [0.5, 0.6) is 0 Å². The Labute approximate surface area is 100 Å². The van der Waals surface area contributed by atoms with Gasteiger partial charge in [-0.15, -0.1) is 5.10 Å². The third-order valence-electron chi connectivity index (χ3n) is 1.74. The first-order chi connectivity index (χ1) is 8.38. The summed E-state index contributed by atoms with van der Waals surface area (Å²) in [5.41, 5.74) is 4.85. The van der Waals surface area contributed by atoms with Gasteiger partial charge in [0.1, 0.15) is 6.04 Å². The Kier molecular flexibility index (Phi) is 4.12. The fourth-order valence-corrected chi connectivity index (χ4v) is 1.03. The van der Waals surface area contributed by atoms with Gasteiger partial charge in [0.05, 0.1) is 13.5 Å². The van der Waals surface area contributed by atoms with Crippen molar-refractivity contribution in [3.05, 3.63) is 0 Å². The second kappa shape index (κ2) is 5.56. The van der Waals surface area contributed by atoms with Gasteiger partial charge in [0.25, 0.3) is 5.95 Å². The number of aliphatic carboxylic acids is 1. The molecule has 0 saturated heterocycles. The Morgan fingerprint density at radius 3 is 2.61 bits per heavy atom. The van der Waals surface area contributed by atoms with E-state index in [0.29, 0.717) is 0 Å². The summed E-state index contributed by atoms with van der Waals surface area (Å²) in [6.45, 7) is 0. The fourth-order valence-electron chi connectivity index (χ4n) is 1.03. The Hall–Kier alpha value is -2.72. The van der Waals surface area contributed by atoms with E-state index in [9.17, 15) is 14.4 Å². The first kappa shape index (κ1) is 13.3. The molecular weight excluding hydrogens is 246 g/mol. The summed E-state index contributed by atoms with van der Waals surface area (Å²) in [6, 6.07) is -2.30. The molecule has 0 aliphatic rings. The molecule has 0 radical (unpaired) electrons. The number of nitrogens with zero attached hydrogens (tertiary/aromatic N) is 4. The molecule has 0 aliphatic carbocycles. The number of nitrogens with one attached hydrogen (secondary N) is 2. The molecular formula is C7H11N7O4. The van der Waals surface area contributed by atoms with Gasteiger partial charge in [-0.1, -0.05) is 5.10 Å². The molecule has 1 atom stereocenters. The summed E-state index contributed by atoms with van der Waals surface area (Å²) in [7, 11) is 1.49. The maximum atomic E-state index is 11.4. The Bertz CT molecular complexity index is 470.